The third kappa shape index (κ3) is 5.28. The molecule has 3 aromatic carbocycles. The fourth-order valence-electron chi connectivity index (χ4n) is 4.84. The van der Waals surface area contributed by atoms with Crippen molar-refractivity contribution in [3.05, 3.63) is 108 Å². The van der Waals surface area contributed by atoms with Gasteiger partial charge in [-0.25, -0.2) is 0 Å². The van der Waals surface area contributed by atoms with E-state index in [1.54, 1.807) is 6.20 Å². The Kier molecular flexibility index (Phi) is 7.15. The molecule has 1 aliphatic rings. The topological polar surface area (TPSA) is 48.8 Å². The van der Waals surface area contributed by atoms with Crippen molar-refractivity contribution in [3.63, 3.8) is 0 Å². The SMILES string of the molecule is OC(COc1cccc2ccncc12)CN1CCN(C(c2ccccc2)c2ccccc2)CC1. The maximum absolute atomic E-state index is 10.7. The summed E-state index contributed by atoms with van der Waals surface area (Å²) in [5.74, 6) is 0.767. The summed E-state index contributed by atoms with van der Waals surface area (Å²) in [6.07, 6.45) is 3.05. The summed E-state index contributed by atoms with van der Waals surface area (Å²) in [7, 11) is 0. The van der Waals surface area contributed by atoms with Crippen LogP contribution in [0.3, 0.4) is 0 Å². The fraction of sp³-hybridized carbons (Fsp3) is 0.276. The van der Waals surface area contributed by atoms with Gasteiger partial charge >= 0.3 is 0 Å². The minimum absolute atomic E-state index is 0.248. The van der Waals surface area contributed by atoms with Crippen LogP contribution < -0.4 is 4.74 Å². The predicted octanol–water partition coefficient (Wildman–Crippen LogP) is 4.38. The van der Waals surface area contributed by atoms with E-state index in [2.05, 4.69) is 75.4 Å². The third-order valence-electron chi connectivity index (χ3n) is 6.55. The number of aliphatic hydroxyl groups is 1. The zero-order chi connectivity index (χ0) is 23.2. The molecule has 0 amide bonds. The smallest absolute Gasteiger partial charge is 0.128 e. The first-order valence-electron chi connectivity index (χ1n) is 12.0. The van der Waals surface area contributed by atoms with Crippen LogP contribution in [0.4, 0.5) is 0 Å². The molecule has 34 heavy (non-hydrogen) atoms. The number of nitrogens with zero attached hydrogens (tertiary/aromatic N) is 3. The molecule has 5 heteroatoms. The molecule has 5 rings (SSSR count). The van der Waals surface area contributed by atoms with Crippen LogP contribution in [0.15, 0.2) is 97.3 Å². The minimum Gasteiger partial charge on any atom is -0.490 e. The van der Waals surface area contributed by atoms with Gasteiger partial charge in [0.2, 0.25) is 0 Å². The molecule has 1 aliphatic heterocycles. The van der Waals surface area contributed by atoms with Crippen molar-refractivity contribution >= 4 is 10.8 Å². The Morgan fingerprint density at radius 2 is 1.47 bits per heavy atom. The molecule has 1 atom stereocenters. The Morgan fingerprint density at radius 3 is 2.15 bits per heavy atom. The molecule has 1 fully saturated rings. The highest BCUT2D eigenvalue weighted by molar-refractivity contribution is 5.87. The summed E-state index contributed by atoms with van der Waals surface area (Å²) in [6.45, 7) is 4.63. The van der Waals surface area contributed by atoms with Gasteiger partial charge in [-0.3, -0.25) is 14.8 Å². The van der Waals surface area contributed by atoms with E-state index in [1.165, 1.54) is 11.1 Å². The van der Waals surface area contributed by atoms with Crippen LogP contribution in [0.5, 0.6) is 5.75 Å². The second-order valence-electron chi connectivity index (χ2n) is 8.88. The van der Waals surface area contributed by atoms with Crippen molar-refractivity contribution < 1.29 is 9.84 Å². The number of hydrogen-bond donors (Lipinski definition) is 1. The van der Waals surface area contributed by atoms with Crippen LogP contribution in [-0.4, -0.2) is 65.3 Å². The highest BCUT2D eigenvalue weighted by Gasteiger charge is 2.27. The first-order chi connectivity index (χ1) is 16.8. The van der Waals surface area contributed by atoms with Gasteiger partial charge in [-0.05, 0) is 28.6 Å². The number of piperazine rings is 1. The largest absolute Gasteiger partial charge is 0.490 e. The first kappa shape index (κ1) is 22.5. The summed E-state index contributed by atoms with van der Waals surface area (Å²) < 4.78 is 5.97. The monoisotopic (exact) mass is 453 g/mol. The van der Waals surface area contributed by atoms with Crippen molar-refractivity contribution in [1.29, 1.82) is 0 Å². The lowest BCUT2D eigenvalue weighted by molar-refractivity contribution is 0.0404. The molecule has 1 aromatic heterocycles. The molecule has 1 saturated heterocycles. The number of ether oxygens (including phenoxy) is 1. The van der Waals surface area contributed by atoms with Gasteiger partial charge in [0.25, 0.3) is 0 Å². The van der Waals surface area contributed by atoms with E-state index >= 15 is 0 Å². The Morgan fingerprint density at radius 1 is 0.794 bits per heavy atom. The number of aromatic nitrogens is 1. The number of pyridine rings is 1. The van der Waals surface area contributed by atoms with Crippen LogP contribution in [0.1, 0.15) is 17.2 Å². The van der Waals surface area contributed by atoms with Gasteiger partial charge in [0.05, 0.1) is 6.04 Å². The number of benzene rings is 3. The standard InChI is InChI=1S/C29H31N3O2/c33-26(22-34-28-13-7-12-23-14-15-30-20-27(23)28)21-31-16-18-32(19-17-31)29(24-8-3-1-4-9-24)25-10-5-2-6-11-25/h1-15,20,26,29,33H,16-19,21-22H2. The van der Waals surface area contributed by atoms with Gasteiger partial charge in [0.15, 0.2) is 0 Å². The van der Waals surface area contributed by atoms with Crippen LogP contribution in [0, 0.1) is 0 Å². The number of rotatable bonds is 8. The Balaban J connectivity index is 1.17. The molecular formula is C29H31N3O2. The lowest BCUT2D eigenvalue weighted by atomic mass is 9.96. The molecule has 4 aromatic rings. The maximum Gasteiger partial charge on any atom is 0.128 e. The van der Waals surface area contributed by atoms with E-state index in [9.17, 15) is 5.11 Å². The van der Waals surface area contributed by atoms with Gasteiger partial charge in [0.1, 0.15) is 18.5 Å². The second kappa shape index (κ2) is 10.8. The van der Waals surface area contributed by atoms with Gasteiger partial charge in [-0.2, -0.15) is 0 Å². The number of β-amino-alcohol motifs (C(OH)–C–C–N with tert-alkyl or cyclic N) is 1. The Hall–Kier alpha value is -3.25. The van der Waals surface area contributed by atoms with Gasteiger partial charge < -0.3 is 9.84 Å². The zero-order valence-corrected chi connectivity index (χ0v) is 19.3. The normalized spacial score (nSPS) is 16.1. The molecule has 2 heterocycles. The van der Waals surface area contributed by atoms with E-state index in [1.807, 2.05) is 30.5 Å². The number of aliphatic hydroxyl groups excluding tert-OH is 1. The summed E-state index contributed by atoms with van der Waals surface area (Å²) in [6, 6.07) is 29.6. The lowest BCUT2D eigenvalue weighted by Crippen LogP contribution is -2.50. The van der Waals surface area contributed by atoms with Crippen molar-refractivity contribution in [2.24, 2.45) is 0 Å². The fourth-order valence-corrected chi connectivity index (χ4v) is 4.84. The van der Waals surface area contributed by atoms with Crippen LogP contribution in [-0.2, 0) is 0 Å². The summed E-state index contributed by atoms with van der Waals surface area (Å²) in [4.78, 5) is 9.09. The number of fused-ring (bicyclic) bond motifs is 1. The maximum atomic E-state index is 10.7. The Labute approximate surface area is 201 Å². The summed E-state index contributed by atoms with van der Waals surface area (Å²) in [5.41, 5.74) is 2.64. The van der Waals surface area contributed by atoms with Gasteiger partial charge in [-0.1, -0.05) is 72.8 Å². The molecule has 0 spiro atoms. The summed E-state index contributed by atoms with van der Waals surface area (Å²) in [5, 5.41) is 12.7. The average molecular weight is 454 g/mol. The van der Waals surface area contributed by atoms with E-state index in [-0.39, 0.29) is 12.6 Å². The van der Waals surface area contributed by atoms with Gasteiger partial charge in [0, 0.05) is 50.5 Å². The molecule has 0 saturated carbocycles. The molecule has 1 unspecified atom stereocenters. The third-order valence-corrected chi connectivity index (χ3v) is 6.55. The van der Waals surface area contributed by atoms with Crippen molar-refractivity contribution in [2.45, 2.75) is 12.1 Å². The molecular weight excluding hydrogens is 422 g/mol. The highest BCUT2D eigenvalue weighted by atomic mass is 16.5. The molecule has 0 bridgehead atoms. The average Bonchev–Trinajstić information content (AvgIpc) is 2.90. The molecule has 0 radical (unpaired) electrons. The van der Waals surface area contributed by atoms with E-state index in [0.29, 0.717) is 6.54 Å². The number of hydrogen-bond acceptors (Lipinski definition) is 5. The first-order valence-corrected chi connectivity index (χ1v) is 12.0. The van der Waals surface area contributed by atoms with Crippen LogP contribution in [0.25, 0.3) is 10.8 Å². The molecule has 5 nitrogen and oxygen atoms in total. The molecule has 1 N–H and O–H groups in total. The van der Waals surface area contributed by atoms with E-state index < -0.39 is 6.10 Å². The highest BCUT2D eigenvalue weighted by Crippen LogP contribution is 2.29. The zero-order valence-electron chi connectivity index (χ0n) is 19.3. The van der Waals surface area contributed by atoms with Crippen molar-refractivity contribution in [3.8, 4) is 5.75 Å². The van der Waals surface area contributed by atoms with E-state index in [4.69, 9.17) is 4.74 Å². The molecule has 174 valence electrons. The van der Waals surface area contributed by atoms with Crippen molar-refractivity contribution in [2.75, 3.05) is 39.3 Å². The van der Waals surface area contributed by atoms with Crippen LogP contribution in [0.2, 0.25) is 0 Å². The second-order valence-corrected chi connectivity index (χ2v) is 8.88. The minimum atomic E-state index is -0.544. The quantitative estimate of drug-likeness (QED) is 0.429. The van der Waals surface area contributed by atoms with Gasteiger partial charge in [-0.15, -0.1) is 0 Å². The molecule has 0 aliphatic carbocycles. The predicted molar refractivity (Wildman–Crippen MR) is 136 cm³/mol. The lowest BCUT2D eigenvalue weighted by Gasteiger charge is -2.40. The Bertz CT molecular complexity index is 1130. The summed E-state index contributed by atoms with van der Waals surface area (Å²) >= 11 is 0. The van der Waals surface area contributed by atoms with E-state index in [0.717, 1.165) is 42.7 Å². The van der Waals surface area contributed by atoms with Crippen molar-refractivity contribution in [1.82, 2.24) is 14.8 Å². The van der Waals surface area contributed by atoms with Crippen LogP contribution >= 0.6 is 0 Å².